The zero-order valence-corrected chi connectivity index (χ0v) is 8.68. The van der Waals surface area contributed by atoms with Crippen molar-refractivity contribution < 1.29 is 10.0 Å². The van der Waals surface area contributed by atoms with Crippen LogP contribution in [0.4, 0.5) is 5.69 Å². The van der Waals surface area contributed by atoms with Crippen molar-refractivity contribution in [3.8, 4) is 0 Å². The van der Waals surface area contributed by atoms with Crippen LogP contribution in [0.1, 0.15) is 29.6 Å². The first-order valence-corrected chi connectivity index (χ1v) is 5.21. The summed E-state index contributed by atoms with van der Waals surface area (Å²) in [5.41, 5.74) is 1.49. The summed E-state index contributed by atoms with van der Waals surface area (Å²) in [6.07, 6.45) is -0.239. The number of nitroso groups, excluding NO2 is 1. The highest BCUT2D eigenvalue weighted by molar-refractivity contribution is 5.48. The topological polar surface area (TPSA) is 96.0 Å². The van der Waals surface area contributed by atoms with E-state index in [2.05, 4.69) is 5.29 Å². The highest BCUT2D eigenvalue weighted by Gasteiger charge is 2.50. The second-order valence-corrected chi connectivity index (χ2v) is 4.30. The molecule has 3 rings (SSSR count). The van der Waals surface area contributed by atoms with E-state index in [1.165, 1.54) is 17.1 Å². The van der Waals surface area contributed by atoms with Gasteiger partial charge in [0.2, 0.25) is 0 Å². The predicted molar refractivity (Wildman–Crippen MR) is 56.8 cm³/mol. The van der Waals surface area contributed by atoms with Crippen molar-refractivity contribution in [1.29, 1.82) is 0 Å². The molecule has 1 fully saturated rings. The average Bonchev–Trinajstić information content (AvgIpc) is 2.79. The van der Waals surface area contributed by atoms with Crippen molar-refractivity contribution in [1.82, 2.24) is 5.01 Å². The average molecular weight is 235 g/mol. The number of nitro groups is 1. The molecule has 2 bridgehead atoms. The second-order valence-electron chi connectivity index (χ2n) is 4.30. The molecule has 2 aliphatic heterocycles. The molecule has 1 N–H and O–H groups in total. The molecule has 7 heteroatoms. The molecule has 0 aromatic heterocycles. The van der Waals surface area contributed by atoms with Crippen molar-refractivity contribution in [2.24, 2.45) is 5.29 Å². The molecule has 0 saturated carbocycles. The van der Waals surface area contributed by atoms with E-state index in [-0.39, 0.29) is 11.7 Å². The van der Waals surface area contributed by atoms with Crippen LogP contribution in [0.15, 0.2) is 23.5 Å². The number of benzene rings is 1. The maximum absolute atomic E-state index is 10.7. The number of aliphatic hydroxyl groups is 1. The van der Waals surface area contributed by atoms with Gasteiger partial charge in [0, 0.05) is 18.6 Å². The molecule has 1 aromatic rings. The molecule has 0 radical (unpaired) electrons. The third-order valence-electron chi connectivity index (χ3n) is 3.49. The Morgan fingerprint density at radius 3 is 2.88 bits per heavy atom. The molecule has 0 amide bonds. The summed E-state index contributed by atoms with van der Waals surface area (Å²) < 4.78 is 0. The number of rotatable bonds is 2. The molecule has 2 aliphatic rings. The first-order chi connectivity index (χ1) is 8.13. The number of nitro benzene ring substituents is 1. The van der Waals surface area contributed by atoms with Crippen LogP contribution in [0.25, 0.3) is 0 Å². The van der Waals surface area contributed by atoms with E-state index in [4.69, 9.17) is 0 Å². The lowest BCUT2D eigenvalue weighted by molar-refractivity contribution is -0.384. The predicted octanol–water partition coefficient (Wildman–Crippen LogP) is 1.44. The zero-order valence-electron chi connectivity index (χ0n) is 8.68. The van der Waals surface area contributed by atoms with Crippen molar-refractivity contribution in [3.63, 3.8) is 0 Å². The molecule has 0 aliphatic carbocycles. The second kappa shape index (κ2) is 3.24. The van der Waals surface area contributed by atoms with Gasteiger partial charge in [-0.2, -0.15) is 0 Å². The van der Waals surface area contributed by atoms with Crippen LogP contribution < -0.4 is 0 Å². The van der Waals surface area contributed by atoms with Crippen LogP contribution in [-0.4, -0.2) is 21.1 Å². The van der Waals surface area contributed by atoms with Crippen molar-refractivity contribution in [3.05, 3.63) is 44.3 Å². The molecule has 1 aromatic carbocycles. The molecular weight excluding hydrogens is 226 g/mol. The van der Waals surface area contributed by atoms with E-state index >= 15 is 0 Å². The summed E-state index contributed by atoms with van der Waals surface area (Å²) >= 11 is 0. The largest absolute Gasteiger partial charge is 0.390 e. The highest BCUT2D eigenvalue weighted by Crippen LogP contribution is 2.53. The van der Waals surface area contributed by atoms with Gasteiger partial charge in [0.1, 0.15) is 6.04 Å². The van der Waals surface area contributed by atoms with Crippen molar-refractivity contribution in [2.45, 2.75) is 24.6 Å². The Morgan fingerprint density at radius 1 is 1.47 bits per heavy atom. The fraction of sp³-hybridized carbons (Fsp3) is 0.400. The lowest BCUT2D eigenvalue weighted by Crippen LogP contribution is -2.19. The number of aliphatic hydroxyl groups excluding tert-OH is 1. The van der Waals surface area contributed by atoms with Gasteiger partial charge in [-0.25, -0.2) is 5.01 Å². The Hall–Kier alpha value is -2.02. The number of hydrogen-bond acceptors (Lipinski definition) is 5. The third-order valence-corrected chi connectivity index (χ3v) is 3.49. The Bertz CT molecular complexity index is 518. The van der Waals surface area contributed by atoms with E-state index in [0.717, 1.165) is 11.1 Å². The van der Waals surface area contributed by atoms with Crippen LogP contribution in [0.5, 0.6) is 0 Å². The summed E-state index contributed by atoms with van der Waals surface area (Å²) in [5, 5.41) is 24.6. The van der Waals surface area contributed by atoms with E-state index in [1.54, 1.807) is 6.07 Å². The molecule has 3 atom stereocenters. The smallest absolute Gasteiger partial charge is 0.269 e. The summed E-state index contributed by atoms with van der Waals surface area (Å²) in [4.78, 5) is 20.9. The van der Waals surface area contributed by atoms with E-state index in [9.17, 15) is 20.1 Å². The molecule has 88 valence electrons. The molecule has 2 unspecified atom stereocenters. The Kier molecular flexibility index (Phi) is 1.93. The maximum Gasteiger partial charge on any atom is 0.269 e. The fourth-order valence-electron chi connectivity index (χ4n) is 2.80. The monoisotopic (exact) mass is 235 g/mol. The number of hydrogen-bond donors (Lipinski definition) is 1. The van der Waals surface area contributed by atoms with Crippen molar-refractivity contribution in [2.75, 3.05) is 0 Å². The van der Waals surface area contributed by atoms with Gasteiger partial charge in [-0.05, 0) is 17.2 Å². The SMILES string of the molecule is O=NN1C2C[C@H](O)C1c1ccc([N+](=O)[O-])cc12. The van der Waals surface area contributed by atoms with E-state index in [0.29, 0.717) is 6.42 Å². The quantitative estimate of drug-likeness (QED) is 0.475. The van der Waals surface area contributed by atoms with Gasteiger partial charge in [-0.15, -0.1) is 4.91 Å². The highest BCUT2D eigenvalue weighted by atomic mass is 16.6. The van der Waals surface area contributed by atoms with Crippen molar-refractivity contribution >= 4 is 5.69 Å². The van der Waals surface area contributed by atoms with Crippen LogP contribution >= 0.6 is 0 Å². The van der Waals surface area contributed by atoms with Crippen LogP contribution in [0.2, 0.25) is 0 Å². The molecule has 1 saturated heterocycles. The first-order valence-electron chi connectivity index (χ1n) is 5.21. The van der Waals surface area contributed by atoms with Gasteiger partial charge < -0.3 is 5.11 Å². The molecule has 17 heavy (non-hydrogen) atoms. The summed E-state index contributed by atoms with van der Waals surface area (Å²) in [5.74, 6) is 0. The number of nitrogens with zero attached hydrogens (tertiary/aromatic N) is 3. The van der Waals surface area contributed by atoms with Gasteiger partial charge in [0.25, 0.3) is 5.69 Å². The molecular formula is C10H9N3O4. The van der Waals surface area contributed by atoms with Gasteiger partial charge >= 0.3 is 0 Å². The van der Waals surface area contributed by atoms with Gasteiger partial charge in [-0.3, -0.25) is 10.1 Å². The minimum atomic E-state index is -0.633. The number of fused-ring (bicyclic) bond motifs is 5. The molecule has 0 spiro atoms. The van der Waals surface area contributed by atoms with Crippen LogP contribution in [0, 0.1) is 15.0 Å². The minimum Gasteiger partial charge on any atom is -0.390 e. The lowest BCUT2D eigenvalue weighted by Gasteiger charge is -2.16. The Balaban J connectivity index is 2.12. The standard InChI is InChI=1S/C10H9N3O4/c14-9-4-8-7-3-5(13(16)17)1-2-6(7)10(9)12(8)11-15/h1-3,8-10,14H,4H2/t8?,9-,10?/m0/s1. The minimum absolute atomic E-state index is 0.00311. The maximum atomic E-state index is 10.7. The summed E-state index contributed by atoms with van der Waals surface area (Å²) in [6.45, 7) is 0. The van der Waals surface area contributed by atoms with Gasteiger partial charge in [-0.1, -0.05) is 0 Å². The third kappa shape index (κ3) is 1.19. The van der Waals surface area contributed by atoms with E-state index in [1.807, 2.05) is 0 Å². The van der Waals surface area contributed by atoms with Crippen LogP contribution in [0.3, 0.4) is 0 Å². The van der Waals surface area contributed by atoms with Gasteiger partial charge in [0.05, 0.1) is 22.4 Å². The molecule has 2 heterocycles. The Labute approximate surface area is 95.8 Å². The summed E-state index contributed by atoms with van der Waals surface area (Å²) in [6, 6.07) is 3.66. The normalized spacial score (nSPS) is 29.2. The lowest BCUT2D eigenvalue weighted by atomic mass is 9.89. The van der Waals surface area contributed by atoms with Gasteiger partial charge in [0.15, 0.2) is 0 Å². The first kappa shape index (κ1) is 10.2. The number of non-ortho nitro benzene ring substituents is 1. The summed E-state index contributed by atoms with van der Waals surface area (Å²) in [7, 11) is 0. The zero-order chi connectivity index (χ0) is 12.2. The molecule has 7 nitrogen and oxygen atoms in total. The fourth-order valence-corrected chi connectivity index (χ4v) is 2.80. The Morgan fingerprint density at radius 2 is 2.24 bits per heavy atom. The van der Waals surface area contributed by atoms with Crippen LogP contribution in [-0.2, 0) is 0 Å². The van der Waals surface area contributed by atoms with E-state index < -0.39 is 17.1 Å².